The Morgan fingerprint density at radius 2 is 2.14 bits per heavy atom. The van der Waals surface area contributed by atoms with E-state index >= 15 is 0 Å². The standard InChI is InChI=1S/C20H17ClFN5O/c21-13-8-24-20-17(26-19(27-20)11-2-1-3-12(22)7-11)16(13)25-15-10-5-4-9(6-10)14(15)18(23)28/h1-5,7-10,14-15H,6H2,(H2,23,28)(H2,24,25,26,27)/t9-,10+,14+,15-/m1/s1. The zero-order valence-electron chi connectivity index (χ0n) is 14.7. The highest BCUT2D eigenvalue weighted by atomic mass is 35.5. The van der Waals surface area contributed by atoms with Crippen LogP contribution in [0.2, 0.25) is 5.02 Å². The number of primary amides is 1. The number of nitrogens with one attached hydrogen (secondary N) is 2. The van der Waals surface area contributed by atoms with Crippen LogP contribution in [-0.4, -0.2) is 26.9 Å². The van der Waals surface area contributed by atoms with E-state index in [2.05, 4.69) is 32.4 Å². The molecular weight excluding hydrogens is 381 g/mol. The Morgan fingerprint density at radius 1 is 1.32 bits per heavy atom. The van der Waals surface area contributed by atoms with Gasteiger partial charge in [0.2, 0.25) is 5.91 Å². The molecule has 3 aromatic rings. The minimum Gasteiger partial charge on any atom is -0.378 e. The van der Waals surface area contributed by atoms with Gasteiger partial charge >= 0.3 is 0 Å². The summed E-state index contributed by atoms with van der Waals surface area (Å²) in [7, 11) is 0. The van der Waals surface area contributed by atoms with Gasteiger partial charge in [-0.3, -0.25) is 4.79 Å². The van der Waals surface area contributed by atoms with Crippen molar-refractivity contribution in [1.29, 1.82) is 0 Å². The van der Waals surface area contributed by atoms with Crippen LogP contribution in [-0.2, 0) is 4.79 Å². The van der Waals surface area contributed by atoms with E-state index in [-0.39, 0.29) is 35.5 Å². The van der Waals surface area contributed by atoms with Gasteiger partial charge in [0.25, 0.3) is 0 Å². The lowest BCUT2D eigenvalue weighted by Crippen LogP contribution is -2.41. The molecule has 0 saturated heterocycles. The minimum absolute atomic E-state index is 0.148. The number of anilines is 1. The lowest BCUT2D eigenvalue weighted by atomic mass is 9.88. The Balaban J connectivity index is 1.57. The number of carbonyl (C=O) groups excluding carboxylic acids is 1. The van der Waals surface area contributed by atoms with Crippen molar-refractivity contribution in [3.05, 3.63) is 53.5 Å². The van der Waals surface area contributed by atoms with Gasteiger partial charge in [0.1, 0.15) is 17.2 Å². The Bertz CT molecular complexity index is 1130. The molecule has 0 unspecified atom stereocenters. The SMILES string of the molecule is NC(=O)[C@@H]1[C@H](Nc2c(Cl)cnc3[nH]c(-c4cccc(F)c4)nc23)[C@H]2C=C[C@@H]1C2. The fraction of sp³-hybridized carbons (Fsp3) is 0.250. The Hall–Kier alpha value is -2.93. The van der Waals surface area contributed by atoms with Gasteiger partial charge in [-0.2, -0.15) is 0 Å². The number of pyridine rings is 1. The smallest absolute Gasteiger partial charge is 0.223 e. The molecule has 4 atom stereocenters. The average molecular weight is 398 g/mol. The first-order valence-electron chi connectivity index (χ1n) is 9.05. The second kappa shape index (κ2) is 6.31. The van der Waals surface area contributed by atoms with Gasteiger partial charge in [0.15, 0.2) is 5.65 Å². The largest absolute Gasteiger partial charge is 0.378 e. The minimum atomic E-state index is -0.347. The molecule has 28 heavy (non-hydrogen) atoms. The molecule has 2 heterocycles. The van der Waals surface area contributed by atoms with Crippen molar-refractivity contribution in [2.75, 3.05) is 5.32 Å². The normalized spacial score (nSPS) is 25.5. The van der Waals surface area contributed by atoms with E-state index in [0.29, 0.717) is 33.3 Å². The molecule has 142 valence electrons. The third kappa shape index (κ3) is 2.65. The van der Waals surface area contributed by atoms with E-state index < -0.39 is 0 Å². The number of nitrogens with zero attached hydrogens (tertiary/aromatic N) is 2. The summed E-state index contributed by atoms with van der Waals surface area (Å²) in [6, 6.07) is 6.01. The van der Waals surface area contributed by atoms with Gasteiger partial charge < -0.3 is 16.0 Å². The van der Waals surface area contributed by atoms with Gasteiger partial charge in [0.05, 0.1) is 22.8 Å². The van der Waals surface area contributed by atoms with Crippen LogP contribution in [0.5, 0.6) is 0 Å². The fourth-order valence-electron chi connectivity index (χ4n) is 4.41. The Labute approximate surface area is 165 Å². The number of hydrogen-bond acceptors (Lipinski definition) is 4. The first-order chi connectivity index (χ1) is 13.5. The number of aromatic nitrogens is 3. The first-order valence-corrected chi connectivity index (χ1v) is 9.43. The molecule has 1 aromatic carbocycles. The second-order valence-electron chi connectivity index (χ2n) is 7.32. The highest BCUT2D eigenvalue weighted by Crippen LogP contribution is 2.46. The average Bonchev–Trinajstić information content (AvgIpc) is 3.38. The van der Waals surface area contributed by atoms with Crippen molar-refractivity contribution in [3.8, 4) is 11.4 Å². The molecule has 4 N–H and O–H groups in total. The molecule has 6 nitrogen and oxygen atoms in total. The summed E-state index contributed by atoms with van der Waals surface area (Å²) in [5.74, 6) is -0.109. The molecule has 1 amide bonds. The van der Waals surface area contributed by atoms with Crippen molar-refractivity contribution in [2.45, 2.75) is 12.5 Å². The quantitative estimate of drug-likeness (QED) is 0.587. The molecule has 1 fully saturated rings. The maximum atomic E-state index is 13.6. The number of imidazole rings is 1. The van der Waals surface area contributed by atoms with Crippen molar-refractivity contribution in [3.63, 3.8) is 0 Å². The van der Waals surface area contributed by atoms with E-state index in [1.807, 2.05) is 0 Å². The van der Waals surface area contributed by atoms with E-state index in [1.54, 1.807) is 12.1 Å². The van der Waals surface area contributed by atoms with Crippen LogP contribution in [0.1, 0.15) is 6.42 Å². The molecule has 8 heteroatoms. The summed E-state index contributed by atoms with van der Waals surface area (Å²) in [5.41, 5.74) is 7.94. The topological polar surface area (TPSA) is 96.7 Å². The monoisotopic (exact) mass is 397 g/mol. The van der Waals surface area contributed by atoms with Crippen molar-refractivity contribution in [1.82, 2.24) is 15.0 Å². The molecule has 2 aliphatic rings. The molecule has 2 aliphatic carbocycles. The number of benzene rings is 1. The summed E-state index contributed by atoms with van der Waals surface area (Å²) in [5, 5.41) is 3.81. The van der Waals surface area contributed by atoms with Gasteiger partial charge in [-0.1, -0.05) is 35.9 Å². The van der Waals surface area contributed by atoms with Gasteiger partial charge in [0, 0.05) is 11.6 Å². The summed E-state index contributed by atoms with van der Waals surface area (Å²) >= 11 is 6.42. The summed E-state index contributed by atoms with van der Waals surface area (Å²) < 4.78 is 13.6. The Morgan fingerprint density at radius 3 is 2.93 bits per heavy atom. The molecule has 0 aliphatic heterocycles. The molecule has 2 aromatic heterocycles. The van der Waals surface area contributed by atoms with E-state index in [1.165, 1.54) is 18.3 Å². The number of allylic oxidation sites excluding steroid dienone is 1. The predicted octanol–water partition coefficient (Wildman–Crippen LogP) is 3.51. The maximum Gasteiger partial charge on any atom is 0.223 e. The third-order valence-corrected chi connectivity index (χ3v) is 5.95. The number of aromatic amines is 1. The van der Waals surface area contributed by atoms with Gasteiger partial charge in [-0.15, -0.1) is 0 Å². The summed E-state index contributed by atoms with van der Waals surface area (Å²) in [4.78, 5) is 24.0. The van der Waals surface area contributed by atoms with E-state index in [4.69, 9.17) is 17.3 Å². The first kappa shape index (κ1) is 17.2. The van der Waals surface area contributed by atoms with Crippen LogP contribution in [0.15, 0.2) is 42.6 Å². The number of halogens is 2. The van der Waals surface area contributed by atoms with Crippen LogP contribution in [0, 0.1) is 23.6 Å². The number of H-pyrrole nitrogens is 1. The molecule has 0 radical (unpaired) electrons. The van der Waals surface area contributed by atoms with Crippen LogP contribution < -0.4 is 11.1 Å². The van der Waals surface area contributed by atoms with Gasteiger partial charge in [-0.05, 0) is 30.4 Å². The lowest BCUT2D eigenvalue weighted by Gasteiger charge is -2.27. The molecular formula is C20H17ClFN5O. The molecule has 2 bridgehead atoms. The van der Waals surface area contributed by atoms with E-state index in [0.717, 1.165) is 6.42 Å². The van der Waals surface area contributed by atoms with Crippen LogP contribution in [0.4, 0.5) is 10.1 Å². The van der Waals surface area contributed by atoms with Crippen LogP contribution in [0.25, 0.3) is 22.6 Å². The summed E-state index contributed by atoms with van der Waals surface area (Å²) in [6.07, 6.45) is 6.61. The fourth-order valence-corrected chi connectivity index (χ4v) is 4.61. The third-order valence-electron chi connectivity index (χ3n) is 5.66. The lowest BCUT2D eigenvalue weighted by molar-refractivity contribution is -0.122. The zero-order valence-corrected chi connectivity index (χ0v) is 15.4. The zero-order chi connectivity index (χ0) is 19.4. The second-order valence-corrected chi connectivity index (χ2v) is 7.73. The van der Waals surface area contributed by atoms with E-state index in [9.17, 15) is 9.18 Å². The number of carbonyl (C=O) groups is 1. The summed E-state index contributed by atoms with van der Waals surface area (Å²) in [6.45, 7) is 0. The molecule has 0 spiro atoms. The Kier molecular flexibility index (Phi) is 3.87. The number of rotatable bonds is 4. The van der Waals surface area contributed by atoms with Gasteiger partial charge in [-0.25, -0.2) is 14.4 Å². The maximum absolute atomic E-state index is 13.6. The molecule has 1 saturated carbocycles. The van der Waals surface area contributed by atoms with Crippen LogP contribution >= 0.6 is 11.6 Å². The van der Waals surface area contributed by atoms with Crippen molar-refractivity contribution in [2.24, 2.45) is 23.5 Å². The number of fused-ring (bicyclic) bond motifs is 3. The highest BCUT2D eigenvalue weighted by Gasteiger charge is 2.47. The molecule has 5 rings (SSSR count). The number of hydrogen-bond donors (Lipinski definition) is 3. The predicted molar refractivity (Wildman–Crippen MR) is 105 cm³/mol. The number of nitrogens with two attached hydrogens (primary N) is 1. The van der Waals surface area contributed by atoms with Crippen LogP contribution in [0.3, 0.4) is 0 Å². The number of amides is 1. The van der Waals surface area contributed by atoms with Crippen molar-refractivity contribution >= 4 is 34.4 Å². The highest BCUT2D eigenvalue weighted by molar-refractivity contribution is 6.34. The van der Waals surface area contributed by atoms with Crippen molar-refractivity contribution < 1.29 is 9.18 Å².